The monoisotopic (exact) mass is 377 g/mol. The first-order chi connectivity index (χ1) is 12.5. The molecule has 1 heterocycles. The normalized spacial score (nSPS) is 12.4. The van der Waals surface area contributed by atoms with Crippen LogP contribution in [-0.2, 0) is 4.79 Å². The predicted molar refractivity (Wildman–Crippen MR) is 97.4 cm³/mol. The van der Waals surface area contributed by atoms with Gasteiger partial charge in [-0.15, -0.1) is 0 Å². The Morgan fingerprint density at radius 3 is 2.62 bits per heavy atom. The number of hydrogen-bond acceptors (Lipinski definition) is 6. The lowest BCUT2D eigenvalue weighted by Crippen LogP contribution is -2.22. The molecule has 2 N–H and O–H groups in total. The zero-order valence-electron chi connectivity index (χ0n) is 13.9. The Morgan fingerprint density at radius 2 is 1.92 bits per heavy atom. The molecule has 8 nitrogen and oxygen atoms in total. The number of carbonyl (C=O) groups excluding carboxylic acids is 1. The molecule has 0 bridgehead atoms. The molecule has 1 aliphatic rings. The highest BCUT2D eigenvalue weighted by Crippen LogP contribution is 2.37. The quantitative estimate of drug-likeness (QED) is 0.611. The van der Waals surface area contributed by atoms with Gasteiger partial charge in [0.15, 0.2) is 11.5 Å². The molecule has 0 saturated heterocycles. The van der Waals surface area contributed by atoms with Crippen molar-refractivity contribution in [3.8, 4) is 11.5 Å². The van der Waals surface area contributed by atoms with E-state index in [0.29, 0.717) is 46.7 Å². The molecule has 1 aliphatic heterocycles. The van der Waals surface area contributed by atoms with Gasteiger partial charge in [0.25, 0.3) is 5.69 Å². The van der Waals surface area contributed by atoms with Crippen LogP contribution in [0.3, 0.4) is 0 Å². The van der Waals surface area contributed by atoms with Gasteiger partial charge in [-0.25, -0.2) is 0 Å². The molecule has 0 spiro atoms. The van der Waals surface area contributed by atoms with Crippen molar-refractivity contribution in [3.05, 3.63) is 51.0 Å². The van der Waals surface area contributed by atoms with E-state index in [1.54, 1.807) is 31.2 Å². The lowest BCUT2D eigenvalue weighted by atomic mass is 10.1. The molecule has 0 aromatic heterocycles. The van der Waals surface area contributed by atoms with Gasteiger partial charge in [-0.05, 0) is 13.0 Å². The molecule has 0 radical (unpaired) electrons. The van der Waals surface area contributed by atoms with Gasteiger partial charge in [0, 0.05) is 29.4 Å². The van der Waals surface area contributed by atoms with Crippen LogP contribution in [0, 0.1) is 17.0 Å². The van der Waals surface area contributed by atoms with Crippen LogP contribution in [0.4, 0.5) is 17.1 Å². The summed E-state index contributed by atoms with van der Waals surface area (Å²) in [5.41, 5.74) is 1.37. The first-order valence-corrected chi connectivity index (χ1v) is 8.20. The van der Waals surface area contributed by atoms with E-state index in [-0.39, 0.29) is 18.1 Å². The van der Waals surface area contributed by atoms with E-state index in [4.69, 9.17) is 21.1 Å². The summed E-state index contributed by atoms with van der Waals surface area (Å²) >= 11 is 6.16. The average molecular weight is 378 g/mol. The molecular weight excluding hydrogens is 362 g/mol. The highest BCUT2D eigenvalue weighted by Gasteiger charge is 2.17. The third-order valence-corrected chi connectivity index (χ3v) is 4.16. The van der Waals surface area contributed by atoms with Crippen LogP contribution in [0.1, 0.15) is 5.56 Å². The maximum absolute atomic E-state index is 12.2. The molecular formula is C17H16ClN3O5. The van der Waals surface area contributed by atoms with E-state index in [2.05, 4.69) is 10.6 Å². The summed E-state index contributed by atoms with van der Waals surface area (Å²) in [5, 5.41) is 16.9. The molecule has 9 heteroatoms. The Balaban J connectivity index is 1.67. The van der Waals surface area contributed by atoms with Gasteiger partial charge < -0.3 is 20.1 Å². The molecule has 2 aromatic rings. The van der Waals surface area contributed by atoms with Crippen molar-refractivity contribution >= 4 is 34.6 Å². The van der Waals surface area contributed by atoms with E-state index in [1.807, 2.05) is 0 Å². The number of nitrogens with one attached hydrogen (secondary N) is 2. The Bertz CT molecular complexity index is 872. The van der Waals surface area contributed by atoms with Gasteiger partial charge >= 0.3 is 0 Å². The van der Waals surface area contributed by atoms with E-state index in [9.17, 15) is 14.9 Å². The highest BCUT2D eigenvalue weighted by atomic mass is 35.5. The SMILES string of the molecule is Cc1c(NCC(=O)Nc2cc3c(cc2Cl)OCCO3)cccc1[N+](=O)[O-]. The smallest absolute Gasteiger partial charge is 0.274 e. The third kappa shape index (κ3) is 3.80. The van der Waals surface area contributed by atoms with Gasteiger partial charge in [0.05, 0.1) is 22.2 Å². The number of nitro groups is 1. The van der Waals surface area contributed by atoms with Crippen molar-refractivity contribution in [2.75, 3.05) is 30.4 Å². The molecule has 0 unspecified atom stereocenters. The van der Waals surface area contributed by atoms with E-state index in [0.717, 1.165) is 0 Å². The summed E-state index contributed by atoms with van der Waals surface area (Å²) in [6.45, 7) is 2.42. The van der Waals surface area contributed by atoms with Crippen molar-refractivity contribution in [1.29, 1.82) is 0 Å². The largest absolute Gasteiger partial charge is 0.486 e. The summed E-state index contributed by atoms with van der Waals surface area (Å²) < 4.78 is 10.9. The summed E-state index contributed by atoms with van der Waals surface area (Å²) in [4.78, 5) is 22.7. The predicted octanol–water partition coefficient (Wildman–Crippen LogP) is 3.38. The second-order valence-electron chi connectivity index (χ2n) is 5.58. The number of fused-ring (bicyclic) bond motifs is 1. The fourth-order valence-corrected chi connectivity index (χ4v) is 2.74. The summed E-state index contributed by atoms with van der Waals surface area (Å²) in [7, 11) is 0. The zero-order valence-corrected chi connectivity index (χ0v) is 14.6. The molecule has 0 aliphatic carbocycles. The van der Waals surface area contributed by atoms with Gasteiger partial charge in [0.2, 0.25) is 5.91 Å². The first kappa shape index (κ1) is 17.8. The fraction of sp³-hybridized carbons (Fsp3) is 0.235. The number of amides is 1. The van der Waals surface area contributed by atoms with Gasteiger partial charge in [-0.1, -0.05) is 17.7 Å². The second kappa shape index (κ2) is 7.49. The van der Waals surface area contributed by atoms with Crippen molar-refractivity contribution in [3.63, 3.8) is 0 Å². The fourth-order valence-electron chi connectivity index (χ4n) is 2.54. The van der Waals surface area contributed by atoms with Crippen LogP contribution in [-0.4, -0.2) is 30.6 Å². The molecule has 0 atom stereocenters. The number of carbonyl (C=O) groups is 1. The van der Waals surface area contributed by atoms with E-state index >= 15 is 0 Å². The summed E-state index contributed by atoms with van der Waals surface area (Å²) in [6.07, 6.45) is 0. The van der Waals surface area contributed by atoms with Gasteiger partial charge in [-0.2, -0.15) is 0 Å². The lowest BCUT2D eigenvalue weighted by molar-refractivity contribution is -0.385. The highest BCUT2D eigenvalue weighted by molar-refractivity contribution is 6.34. The molecule has 26 heavy (non-hydrogen) atoms. The average Bonchev–Trinajstić information content (AvgIpc) is 2.61. The Kier molecular flexibility index (Phi) is 5.13. The zero-order chi connectivity index (χ0) is 18.7. The number of hydrogen-bond donors (Lipinski definition) is 2. The lowest BCUT2D eigenvalue weighted by Gasteiger charge is -2.20. The number of ether oxygens (including phenoxy) is 2. The topological polar surface area (TPSA) is 103 Å². The number of nitro benzene ring substituents is 1. The van der Waals surface area contributed by atoms with Gasteiger partial charge in [0.1, 0.15) is 13.2 Å². The number of benzene rings is 2. The van der Waals surface area contributed by atoms with E-state index in [1.165, 1.54) is 6.07 Å². The van der Waals surface area contributed by atoms with E-state index < -0.39 is 4.92 Å². The summed E-state index contributed by atoms with van der Waals surface area (Å²) in [5.74, 6) is 0.692. The summed E-state index contributed by atoms with van der Waals surface area (Å²) in [6, 6.07) is 7.84. The molecule has 0 saturated carbocycles. The maximum atomic E-state index is 12.2. The number of anilines is 2. The standard InChI is InChI=1S/C17H16ClN3O5/c1-10-12(3-2-4-14(10)21(23)24)19-9-17(22)20-13-8-16-15(7-11(13)18)25-5-6-26-16/h2-4,7-8,19H,5-6,9H2,1H3,(H,20,22). The maximum Gasteiger partial charge on any atom is 0.274 e. The Morgan fingerprint density at radius 1 is 1.23 bits per heavy atom. The van der Waals surface area contributed by atoms with Crippen LogP contribution >= 0.6 is 11.6 Å². The minimum Gasteiger partial charge on any atom is -0.486 e. The Labute approximate surface area is 154 Å². The van der Waals surface area contributed by atoms with Crippen LogP contribution in [0.2, 0.25) is 5.02 Å². The molecule has 136 valence electrons. The van der Waals surface area contributed by atoms with Crippen LogP contribution < -0.4 is 20.1 Å². The molecule has 0 fully saturated rings. The van der Waals surface area contributed by atoms with Crippen molar-refractivity contribution in [1.82, 2.24) is 0 Å². The minimum atomic E-state index is -0.463. The van der Waals surface area contributed by atoms with Crippen molar-refractivity contribution < 1.29 is 19.2 Å². The molecule has 3 rings (SSSR count). The van der Waals surface area contributed by atoms with Gasteiger partial charge in [-0.3, -0.25) is 14.9 Å². The number of halogens is 1. The van der Waals surface area contributed by atoms with Crippen molar-refractivity contribution in [2.24, 2.45) is 0 Å². The van der Waals surface area contributed by atoms with Crippen molar-refractivity contribution in [2.45, 2.75) is 6.92 Å². The van der Waals surface area contributed by atoms with Crippen LogP contribution in [0.15, 0.2) is 30.3 Å². The third-order valence-electron chi connectivity index (χ3n) is 3.85. The minimum absolute atomic E-state index is 0.00899. The van der Waals surface area contributed by atoms with Crippen LogP contribution in [0.25, 0.3) is 0 Å². The Hall–Kier alpha value is -3.00. The van der Waals surface area contributed by atoms with Crippen LogP contribution in [0.5, 0.6) is 11.5 Å². The molecule has 1 amide bonds. The first-order valence-electron chi connectivity index (χ1n) is 7.82. The number of rotatable bonds is 5. The molecule has 2 aromatic carbocycles. The number of nitrogens with zero attached hydrogens (tertiary/aromatic N) is 1. The second-order valence-corrected chi connectivity index (χ2v) is 5.99.